The molecule has 1 saturated heterocycles. The lowest BCUT2D eigenvalue weighted by molar-refractivity contribution is -0.113. The number of benzene rings is 3. The molecular weight excluding hydrogens is 493 g/mol. The Kier molecular flexibility index (Phi) is 6.03. The molecule has 5 nitrogen and oxygen atoms in total. The normalized spacial score (nSPS) is 14.9. The van der Waals surface area contributed by atoms with Crippen LogP contribution < -0.4 is 9.64 Å². The molecule has 9 heteroatoms. The van der Waals surface area contributed by atoms with E-state index in [4.69, 9.17) is 28.6 Å². The first kappa shape index (κ1) is 22.5. The summed E-state index contributed by atoms with van der Waals surface area (Å²) in [6.45, 7) is 1.93. The first-order chi connectivity index (χ1) is 16.4. The monoisotopic (exact) mass is 507 g/mol. The van der Waals surface area contributed by atoms with Crippen molar-refractivity contribution in [3.05, 3.63) is 94.0 Å². The molecule has 0 spiro atoms. The van der Waals surface area contributed by atoms with Crippen LogP contribution in [0.2, 0.25) is 5.28 Å². The molecule has 3 aromatic carbocycles. The number of carbonyl (C=O) groups is 1. The molecule has 1 amide bonds. The van der Waals surface area contributed by atoms with Crippen molar-refractivity contribution in [2.75, 3.05) is 4.90 Å². The summed E-state index contributed by atoms with van der Waals surface area (Å²) in [7, 11) is 0. The van der Waals surface area contributed by atoms with E-state index in [0.29, 0.717) is 20.5 Å². The van der Waals surface area contributed by atoms with Crippen LogP contribution in [0.3, 0.4) is 0 Å². The zero-order valence-corrected chi connectivity index (χ0v) is 20.0. The molecule has 1 fully saturated rings. The number of fused-ring (bicyclic) bond motifs is 1. The summed E-state index contributed by atoms with van der Waals surface area (Å²) < 4.78 is 20.5. The van der Waals surface area contributed by atoms with Gasteiger partial charge in [-0.3, -0.25) is 9.69 Å². The molecular formula is C25H15ClFN3O2S2. The standard InChI is InChI=1S/C25H15ClFN3O2S2/c1-14-6-2-5-9-19(14)30-23(31)21(34-25(30)33)12-17-16-8-4-3-7-15(16)10-11-20(17)32-22-18(27)13-28-24(26)29-22/h2-13H,1H3/b21-12+. The molecule has 0 unspecified atom stereocenters. The average Bonchev–Trinajstić information content (AvgIpc) is 3.10. The van der Waals surface area contributed by atoms with E-state index >= 15 is 0 Å². The van der Waals surface area contributed by atoms with Gasteiger partial charge in [-0.2, -0.15) is 9.37 Å². The zero-order chi connectivity index (χ0) is 23.8. The summed E-state index contributed by atoms with van der Waals surface area (Å²) in [5, 5.41) is 1.61. The molecule has 34 heavy (non-hydrogen) atoms. The van der Waals surface area contributed by atoms with E-state index in [9.17, 15) is 9.18 Å². The predicted molar refractivity (Wildman–Crippen MR) is 138 cm³/mol. The minimum absolute atomic E-state index is 0.141. The van der Waals surface area contributed by atoms with E-state index in [0.717, 1.165) is 28.2 Å². The Morgan fingerprint density at radius 2 is 1.88 bits per heavy atom. The Hall–Kier alpha value is -3.33. The average molecular weight is 508 g/mol. The maximum atomic E-state index is 14.3. The smallest absolute Gasteiger partial charge is 0.270 e. The number of amides is 1. The molecule has 0 atom stereocenters. The van der Waals surface area contributed by atoms with Gasteiger partial charge >= 0.3 is 0 Å². The number of thioether (sulfide) groups is 1. The molecule has 0 N–H and O–H groups in total. The summed E-state index contributed by atoms with van der Waals surface area (Å²) >= 11 is 12.6. The quantitative estimate of drug-likeness (QED) is 0.169. The summed E-state index contributed by atoms with van der Waals surface area (Å²) in [6.07, 6.45) is 2.66. The minimum atomic E-state index is -0.755. The van der Waals surface area contributed by atoms with E-state index in [1.54, 1.807) is 12.1 Å². The molecule has 5 rings (SSSR count). The molecule has 4 aromatic rings. The van der Waals surface area contributed by atoms with Crippen molar-refractivity contribution in [3.8, 4) is 11.6 Å². The largest absolute Gasteiger partial charge is 0.436 e. The van der Waals surface area contributed by atoms with Crippen molar-refractivity contribution in [1.29, 1.82) is 0 Å². The Morgan fingerprint density at radius 1 is 1.12 bits per heavy atom. The van der Waals surface area contributed by atoms with Crippen molar-refractivity contribution in [3.63, 3.8) is 0 Å². The Labute approximate surface area is 209 Å². The number of ether oxygens (including phenoxy) is 1. The van der Waals surface area contributed by atoms with Crippen LogP contribution in [0, 0.1) is 12.7 Å². The first-order valence-electron chi connectivity index (χ1n) is 10.1. The lowest BCUT2D eigenvalue weighted by Crippen LogP contribution is -2.28. The number of nitrogens with zero attached hydrogens (tertiary/aromatic N) is 3. The van der Waals surface area contributed by atoms with E-state index in [-0.39, 0.29) is 17.1 Å². The molecule has 2 heterocycles. The van der Waals surface area contributed by atoms with Gasteiger partial charge in [0.15, 0.2) is 4.32 Å². The lowest BCUT2D eigenvalue weighted by atomic mass is 10.0. The van der Waals surface area contributed by atoms with Crippen LogP contribution in [0.4, 0.5) is 10.1 Å². The van der Waals surface area contributed by atoms with Crippen molar-refractivity contribution >= 4 is 68.3 Å². The fourth-order valence-corrected chi connectivity index (χ4v) is 5.03. The molecule has 1 aliphatic heterocycles. The molecule has 1 aromatic heterocycles. The minimum Gasteiger partial charge on any atom is -0.436 e. The number of aromatic nitrogens is 2. The second kappa shape index (κ2) is 9.13. The molecule has 0 radical (unpaired) electrons. The van der Waals surface area contributed by atoms with Crippen LogP contribution in [-0.2, 0) is 4.79 Å². The van der Waals surface area contributed by atoms with Crippen LogP contribution in [0.1, 0.15) is 11.1 Å². The number of halogens is 2. The second-order valence-electron chi connectivity index (χ2n) is 7.40. The predicted octanol–water partition coefficient (Wildman–Crippen LogP) is 6.93. The topological polar surface area (TPSA) is 55.3 Å². The highest BCUT2D eigenvalue weighted by Crippen LogP contribution is 2.40. The third-order valence-corrected chi connectivity index (χ3v) is 6.73. The summed E-state index contributed by atoms with van der Waals surface area (Å²) in [6, 6.07) is 18.7. The highest BCUT2D eigenvalue weighted by atomic mass is 35.5. The first-order valence-corrected chi connectivity index (χ1v) is 11.7. The number of carbonyl (C=O) groups excluding carboxylic acids is 1. The molecule has 0 aliphatic carbocycles. The van der Waals surface area contributed by atoms with Gasteiger partial charge < -0.3 is 4.74 Å². The summed E-state index contributed by atoms with van der Waals surface area (Å²) in [5.74, 6) is -0.986. The molecule has 0 saturated carbocycles. The van der Waals surface area contributed by atoms with E-state index in [1.165, 1.54) is 16.7 Å². The number of hydrogen-bond donors (Lipinski definition) is 0. The Balaban J connectivity index is 1.62. The van der Waals surface area contributed by atoms with Crippen LogP contribution >= 0.6 is 35.6 Å². The maximum absolute atomic E-state index is 14.3. The zero-order valence-electron chi connectivity index (χ0n) is 17.7. The SMILES string of the molecule is Cc1ccccc1N1C(=O)/C(=C\c2c(Oc3nc(Cl)ncc3F)ccc3ccccc23)SC1=S. The van der Waals surface area contributed by atoms with Gasteiger partial charge in [0.05, 0.1) is 16.8 Å². The molecule has 168 valence electrons. The fraction of sp³-hybridized carbons (Fsp3) is 0.0400. The van der Waals surface area contributed by atoms with Crippen molar-refractivity contribution < 1.29 is 13.9 Å². The van der Waals surface area contributed by atoms with Gasteiger partial charge in [-0.1, -0.05) is 72.5 Å². The third-order valence-electron chi connectivity index (χ3n) is 5.25. The fourth-order valence-electron chi connectivity index (χ4n) is 3.64. The number of hydrogen-bond acceptors (Lipinski definition) is 6. The number of para-hydroxylation sites is 1. The number of aryl methyl sites for hydroxylation is 1. The highest BCUT2D eigenvalue weighted by molar-refractivity contribution is 8.27. The van der Waals surface area contributed by atoms with E-state index in [2.05, 4.69) is 9.97 Å². The molecule has 1 aliphatic rings. The number of rotatable bonds is 4. The van der Waals surface area contributed by atoms with Gasteiger partial charge in [0, 0.05) is 5.56 Å². The van der Waals surface area contributed by atoms with Gasteiger partial charge in [-0.15, -0.1) is 0 Å². The van der Waals surface area contributed by atoms with Crippen molar-refractivity contribution in [2.24, 2.45) is 0 Å². The third kappa shape index (κ3) is 4.16. The van der Waals surface area contributed by atoms with Crippen LogP contribution in [0.25, 0.3) is 16.8 Å². The van der Waals surface area contributed by atoms with Gasteiger partial charge in [-0.25, -0.2) is 4.98 Å². The second-order valence-corrected chi connectivity index (χ2v) is 9.41. The van der Waals surface area contributed by atoms with Gasteiger partial charge in [0.25, 0.3) is 11.8 Å². The van der Waals surface area contributed by atoms with Gasteiger partial charge in [0.2, 0.25) is 11.1 Å². The maximum Gasteiger partial charge on any atom is 0.270 e. The van der Waals surface area contributed by atoms with Gasteiger partial charge in [0.1, 0.15) is 5.75 Å². The van der Waals surface area contributed by atoms with Crippen LogP contribution in [-0.4, -0.2) is 20.2 Å². The van der Waals surface area contributed by atoms with Crippen LogP contribution in [0.15, 0.2) is 71.8 Å². The number of thiocarbonyl (C=S) groups is 1. The number of anilines is 1. The lowest BCUT2D eigenvalue weighted by Gasteiger charge is -2.16. The Bertz CT molecular complexity index is 1510. The summed E-state index contributed by atoms with van der Waals surface area (Å²) in [5.41, 5.74) is 2.27. The highest BCUT2D eigenvalue weighted by Gasteiger charge is 2.34. The van der Waals surface area contributed by atoms with E-state index in [1.807, 2.05) is 61.5 Å². The summed E-state index contributed by atoms with van der Waals surface area (Å²) in [4.78, 5) is 22.8. The van der Waals surface area contributed by atoms with Crippen LogP contribution in [0.5, 0.6) is 11.6 Å². The van der Waals surface area contributed by atoms with Gasteiger partial charge in [-0.05, 0) is 53.1 Å². The van der Waals surface area contributed by atoms with Crippen molar-refractivity contribution in [2.45, 2.75) is 6.92 Å². The molecule has 0 bridgehead atoms. The van der Waals surface area contributed by atoms with Crippen molar-refractivity contribution in [1.82, 2.24) is 9.97 Å². The van der Waals surface area contributed by atoms with E-state index < -0.39 is 5.82 Å². The Morgan fingerprint density at radius 3 is 2.71 bits per heavy atom.